The van der Waals surface area contributed by atoms with Crippen molar-refractivity contribution in [3.05, 3.63) is 0 Å². The van der Waals surface area contributed by atoms with Gasteiger partial charge in [-0.15, -0.1) is 0 Å². The van der Waals surface area contributed by atoms with Crippen LogP contribution in [0.15, 0.2) is 0 Å². The summed E-state index contributed by atoms with van der Waals surface area (Å²) in [5.41, 5.74) is 0.543. The van der Waals surface area contributed by atoms with E-state index in [9.17, 15) is 0 Å². The molecule has 0 heterocycles. The molecule has 1 rings (SSSR count). The summed E-state index contributed by atoms with van der Waals surface area (Å²) in [6.07, 6.45) is 9.85. The summed E-state index contributed by atoms with van der Waals surface area (Å²) in [4.78, 5) is 2.78. The number of hydrogen-bond donors (Lipinski definition) is 1. The summed E-state index contributed by atoms with van der Waals surface area (Å²) >= 11 is 0. The van der Waals surface area contributed by atoms with E-state index in [1.807, 2.05) is 0 Å². The van der Waals surface area contributed by atoms with Crippen molar-refractivity contribution in [2.24, 2.45) is 17.3 Å². The average molecular weight is 297 g/mol. The van der Waals surface area contributed by atoms with E-state index in [1.165, 1.54) is 71.1 Å². The van der Waals surface area contributed by atoms with Gasteiger partial charge in [0.15, 0.2) is 0 Å². The molecule has 1 aliphatic rings. The summed E-state index contributed by atoms with van der Waals surface area (Å²) in [6.45, 7) is 14.5. The van der Waals surface area contributed by atoms with Crippen molar-refractivity contribution in [3.63, 3.8) is 0 Å². The number of nitrogens with one attached hydrogen (secondary N) is 1. The van der Waals surface area contributed by atoms with E-state index >= 15 is 0 Å². The van der Waals surface area contributed by atoms with Crippen LogP contribution in [-0.4, -0.2) is 38.1 Å². The highest BCUT2D eigenvalue weighted by Crippen LogP contribution is 2.36. The zero-order valence-electron chi connectivity index (χ0n) is 15.4. The molecule has 1 saturated carbocycles. The van der Waals surface area contributed by atoms with Crippen molar-refractivity contribution in [1.29, 1.82) is 0 Å². The van der Waals surface area contributed by atoms with Crippen LogP contribution in [0.1, 0.15) is 72.6 Å². The minimum atomic E-state index is 0.543. The van der Waals surface area contributed by atoms with Crippen LogP contribution >= 0.6 is 0 Å². The first-order valence-electron chi connectivity index (χ1n) is 9.34. The van der Waals surface area contributed by atoms with Crippen molar-refractivity contribution < 1.29 is 0 Å². The van der Waals surface area contributed by atoms with Crippen LogP contribution in [0.25, 0.3) is 0 Å². The highest BCUT2D eigenvalue weighted by molar-refractivity contribution is 4.87. The Kier molecular flexibility index (Phi) is 8.89. The molecule has 0 aromatic heterocycles. The molecule has 0 amide bonds. The van der Waals surface area contributed by atoms with Crippen molar-refractivity contribution in [2.75, 3.05) is 33.2 Å². The average Bonchev–Trinajstić information content (AvgIpc) is 2.43. The zero-order chi connectivity index (χ0) is 15.7. The van der Waals surface area contributed by atoms with Gasteiger partial charge in [0.25, 0.3) is 0 Å². The Morgan fingerprint density at radius 2 is 1.43 bits per heavy atom. The van der Waals surface area contributed by atoms with Crippen LogP contribution in [-0.2, 0) is 0 Å². The van der Waals surface area contributed by atoms with Gasteiger partial charge >= 0.3 is 0 Å². The third kappa shape index (κ3) is 7.65. The molecule has 21 heavy (non-hydrogen) atoms. The molecular formula is C19H40N2. The summed E-state index contributed by atoms with van der Waals surface area (Å²) < 4.78 is 0. The monoisotopic (exact) mass is 296 g/mol. The van der Waals surface area contributed by atoms with Crippen LogP contribution in [0.5, 0.6) is 0 Å². The maximum atomic E-state index is 3.49. The van der Waals surface area contributed by atoms with Crippen molar-refractivity contribution in [1.82, 2.24) is 10.2 Å². The highest BCUT2D eigenvalue weighted by Gasteiger charge is 2.33. The van der Waals surface area contributed by atoms with Crippen LogP contribution < -0.4 is 5.32 Å². The second-order valence-corrected chi connectivity index (χ2v) is 8.23. The molecule has 2 nitrogen and oxygen atoms in total. The van der Waals surface area contributed by atoms with Crippen LogP contribution in [0.3, 0.4) is 0 Å². The van der Waals surface area contributed by atoms with Gasteiger partial charge in [-0.2, -0.15) is 0 Å². The molecule has 1 N–H and O–H groups in total. The molecule has 0 aromatic carbocycles. The number of nitrogens with zero attached hydrogens (tertiary/aromatic N) is 1. The Bertz CT molecular complexity index is 237. The van der Waals surface area contributed by atoms with E-state index < -0.39 is 0 Å². The Hall–Kier alpha value is -0.0800. The predicted molar refractivity (Wildman–Crippen MR) is 94.8 cm³/mol. The fraction of sp³-hybridized carbons (Fsp3) is 1.00. The lowest BCUT2D eigenvalue weighted by Gasteiger charge is -2.41. The van der Waals surface area contributed by atoms with E-state index in [4.69, 9.17) is 0 Å². The molecule has 0 aromatic rings. The zero-order valence-corrected chi connectivity index (χ0v) is 15.4. The second kappa shape index (κ2) is 9.84. The Morgan fingerprint density at radius 1 is 0.905 bits per heavy atom. The molecule has 0 unspecified atom stereocenters. The Labute approximate surface area is 134 Å². The van der Waals surface area contributed by atoms with E-state index in [2.05, 4.69) is 45.0 Å². The first kappa shape index (κ1) is 19.0. The lowest BCUT2D eigenvalue weighted by Crippen LogP contribution is -2.45. The van der Waals surface area contributed by atoms with Gasteiger partial charge < -0.3 is 10.2 Å². The van der Waals surface area contributed by atoms with E-state index in [1.54, 1.807) is 0 Å². The summed E-state index contributed by atoms with van der Waals surface area (Å²) in [5.74, 6) is 1.64. The van der Waals surface area contributed by atoms with Gasteiger partial charge in [-0.3, -0.25) is 0 Å². The molecule has 0 atom stereocenters. The summed E-state index contributed by atoms with van der Waals surface area (Å²) in [5, 5.41) is 3.49. The third-order valence-corrected chi connectivity index (χ3v) is 5.07. The van der Waals surface area contributed by atoms with Crippen molar-refractivity contribution >= 4 is 0 Å². The lowest BCUT2D eigenvalue weighted by atomic mass is 9.73. The minimum absolute atomic E-state index is 0.543. The molecule has 1 fully saturated rings. The number of hydrogen-bond acceptors (Lipinski definition) is 2. The van der Waals surface area contributed by atoms with Gasteiger partial charge in [0.1, 0.15) is 0 Å². The smallest absolute Gasteiger partial charge is 0.00501 e. The standard InChI is InChI=1S/C19H40N2/c1-17(2)9-13-21(14-10-18(3)4)16-19(15-20-5)11-7-6-8-12-19/h17-18,20H,6-16H2,1-5H3. The molecule has 0 bridgehead atoms. The topological polar surface area (TPSA) is 15.3 Å². The maximum absolute atomic E-state index is 3.49. The van der Waals surface area contributed by atoms with E-state index in [-0.39, 0.29) is 0 Å². The molecular weight excluding hydrogens is 256 g/mol. The first-order valence-corrected chi connectivity index (χ1v) is 9.34. The van der Waals surface area contributed by atoms with E-state index in [0.717, 1.165) is 11.8 Å². The van der Waals surface area contributed by atoms with Gasteiger partial charge in [-0.25, -0.2) is 0 Å². The van der Waals surface area contributed by atoms with Gasteiger partial charge in [-0.05, 0) is 63.1 Å². The maximum Gasteiger partial charge on any atom is 0.00501 e. The minimum Gasteiger partial charge on any atom is -0.319 e. The molecule has 0 aliphatic heterocycles. The molecule has 2 heteroatoms. The molecule has 126 valence electrons. The SMILES string of the molecule is CNCC1(CN(CCC(C)C)CCC(C)C)CCCCC1. The number of rotatable bonds is 10. The van der Waals surface area contributed by atoms with Gasteiger partial charge in [0, 0.05) is 13.1 Å². The fourth-order valence-corrected chi connectivity index (χ4v) is 3.69. The third-order valence-electron chi connectivity index (χ3n) is 5.07. The van der Waals surface area contributed by atoms with Crippen LogP contribution in [0.4, 0.5) is 0 Å². The predicted octanol–water partition coefficient (Wildman–Crippen LogP) is 4.55. The Balaban J connectivity index is 2.60. The molecule has 0 saturated heterocycles. The van der Waals surface area contributed by atoms with Crippen LogP contribution in [0.2, 0.25) is 0 Å². The second-order valence-electron chi connectivity index (χ2n) is 8.23. The lowest BCUT2D eigenvalue weighted by molar-refractivity contribution is 0.0975. The molecule has 0 radical (unpaired) electrons. The van der Waals surface area contributed by atoms with E-state index in [0.29, 0.717) is 5.41 Å². The first-order chi connectivity index (χ1) is 9.97. The largest absolute Gasteiger partial charge is 0.319 e. The van der Waals surface area contributed by atoms with Crippen LogP contribution in [0, 0.1) is 17.3 Å². The quantitative estimate of drug-likeness (QED) is 0.636. The van der Waals surface area contributed by atoms with Crippen molar-refractivity contribution in [2.45, 2.75) is 72.6 Å². The highest BCUT2D eigenvalue weighted by atomic mass is 15.1. The Morgan fingerprint density at radius 3 is 1.86 bits per heavy atom. The normalized spacial score (nSPS) is 18.9. The summed E-state index contributed by atoms with van der Waals surface area (Å²) in [6, 6.07) is 0. The van der Waals surface area contributed by atoms with Gasteiger partial charge in [0.05, 0.1) is 0 Å². The van der Waals surface area contributed by atoms with Gasteiger partial charge in [0.2, 0.25) is 0 Å². The van der Waals surface area contributed by atoms with Crippen molar-refractivity contribution in [3.8, 4) is 0 Å². The summed E-state index contributed by atoms with van der Waals surface area (Å²) in [7, 11) is 2.13. The van der Waals surface area contributed by atoms with Gasteiger partial charge in [-0.1, -0.05) is 47.0 Å². The molecule has 1 aliphatic carbocycles. The molecule has 0 spiro atoms. The fourth-order valence-electron chi connectivity index (χ4n) is 3.69.